The summed E-state index contributed by atoms with van der Waals surface area (Å²) in [6, 6.07) is 1.69. The monoisotopic (exact) mass is 191 g/mol. The van der Waals surface area contributed by atoms with Crippen LogP contribution in [0.25, 0.3) is 10.9 Å². The zero-order chi connectivity index (χ0) is 10.1. The van der Waals surface area contributed by atoms with Gasteiger partial charge in [-0.2, -0.15) is 0 Å². The Hall–Kier alpha value is -1.91. The Morgan fingerprint density at radius 2 is 2.00 bits per heavy atom. The molecule has 0 radical (unpaired) electrons. The summed E-state index contributed by atoms with van der Waals surface area (Å²) in [5.74, 6) is 0. The predicted molar refractivity (Wildman–Crippen MR) is 52.4 cm³/mol. The third kappa shape index (κ3) is 1.22. The van der Waals surface area contributed by atoms with E-state index in [-0.39, 0.29) is 16.6 Å². The predicted octanol–water partition coefficient (Wildman–Crippen LogP) is 0.174. The van der Waals surface area contributed by atoms with Gasteiger partial charge < -0.3 is 0 Å². The molecule has 0 saturated heterocycles. The summed E-state index contributed by atoms with van der Waals surface area (Å²) in [4.78, 5) is 26.5. The maximum absolute atomic E-state index is 11.3. The molecule has 0 aliphatic heterocycles. The van der Waals surface area contributed by atoms with Gasteiger partial charge in [0, 0.05) is 6.20 Å². The quantitative estimate of drug-likeness (QED) is 0.674. The molecule has 2 aromatic rings. The first-order valence-corrected chi connectivity index (χ1v) is 4.32. The number of aromatic nitrogens is 3. The lowest BCUT2D eigenvalue weighted by atomic mass is 10.2. The third-order valence-electron chi connectivity index (χ3n) is 2.10. The molecule has 0 bridgehead atoms. The molecule has 72 valence electrons. The van der Waals surface area contributed by atoms with Crippen LogP contribution in [-0.2, 0) is 6.42 Å². The number of nitrogens with zero attached hydrogens (tertiary/aromatic N) is 1. The molecule has 0 spiro atoms. The van der Waals surface area contributed by atoms with E-state index in [4.69, 9.17) is 0 Å². The van der Waals surface area contributed by atoms with Gasteiger partial charge >= 0.3 is 0 Å². The van der Waals surface area contributed by atoms with Crippen molar-refractivity contribution in [1.29, 1.82) is 0 Å². The highest BCUT2D eigenvalue weighted by atomic mass is 16.1. The van der Waals surface area contributed by atoms with Crippen molar-refractivity contribution in [1.82, 2.24) is 15.2 Å². The van der Waals surface area contributed by atoms with Gasteiger partial charge in [0.2, 0.25) is 0 Å². The van der Waals surface area contributed by atoms with Gasteiger partial charge in [0.1, 0.15) is 5.52 Å². The van der Waals surface area contributed by atoms with Crippen LogP contribution in [0, 0.1) is 0 Å². The fourth-order valence-electron chi connectivity index (χ4n) is 1.30. The molecule has 0 fully saturated rings. The minimum absolute atomic E-state index is 0.186. The molecule has 14 heavy (non-hydrogen) atoms. The summed E-state index contributed by atoms with van der Waals surface area (Å²) < 4.78 is 0. The van der Waals surface area contributed by atoms with Crippen LogP contribution in [0.15, 0.2) is 21.9 Å². The minimum atomic E-state index is -0.373. The van der Waals surface area contributed by atoms with E-state index in [0.29, 0.717) is 5.39 Å². The van der Waals surface area contributed by atoms with Crippen LogP contribution < -0.4 is 11.1 Å². The van der Waals surface area contributed by atoms with Crippen molar-refractivity contribution in [3.8, 4) is 0 Å². The van der Waals surface area contributed by atoms with E-state index in [9.17, 15) is 9.59 Å². The number of hydrogen-bond donors (Lipinski definition) is 2. The van der Waals surface area contributed by atoms with E-state index < -0.39 is 0 Å². The molecule has 2 aromatic heterocycles. The molecular weight excluding hydrogens is 182 g/mol. The van der Waals surface area contributed by atoms with Gasteiger partial charge in [0.25, 0.3) is 11.1 Å². The Morgan fingerprint density at radius 1 is 1.29 bits per heavy atom. The highest BCUT2D eigenvalue weighted by Gasteiger charge is 2.04. The van der Waals surface area contributed by atoms with Gasteiger partial charge in [-0.1, -0.05) is 6.92 Å². The second-order valence-corrected chi connectivity index (χ2v) is 3.00. The number of fused-ring (bicyclic) bond motifs is 1. The summed E-state index contributed by atoms with van der Waals surface area (Å²) in [7, 11) is 0. The van der Waals surface area contributed by atoms with Gasteiger partial charge in [-0.05, 0) is 18.1 Å². The van der Waals surface area contributed by atoms with Crippen LogP contribution in [0.4, 0.5) is 0 Å². The summed E-state index contributed by atoms with van der Waals surface area (Å²) in [5.41, 5.74) is 0.434. The smallest absolute Gasteiger partial charge is 0.267 e. The summed E-state index contributed by atoms with van der Waals surface area (Å²) in [5, 5.41) is 4.83. The van der Waals surface area contributed by atoms with Crippen LogP contribution in [0.2, 0.25) is 0 Å². The lowest BCUT2D eigenvalue weighted by Gasteiger charge is -1.97. The Morgan fingerprint density at radius 3 is 2.71 bits per heavy atom. The minimum Gasteiger partial charge on any atom is -0.267 e. The molecular formula is C9H9N3O2. The molecule has 0 aliphatic carbocycles. The molecule has 0 amide bonds. The van der Waals surface area contributed by atoms with Crippen LogP contribution in [0.1, 0.15) is 12.5 Å². The molecule has 0 aromatic carbocycles. The molecule has 2 N–H and O–H groups in total. The summed E-state index contributed by atoms with van der Waals surface area (Å²) in [6.07, 6.45) is 2.40. The number of nitrogens with one attached hydrogen (secondary N) is 2. The van der Waals surface area contributed by atoms with Gasteiger partial charge in [-0.25, -0.2) is 4.98 Å². The van der Waals surface area contributed by atoms with Crippen molar-refractivity contribution in [2.45, 2.75) is 13.3 Å². The highest BCUT2D eigenvalue weighted by Crippen LogP contribution is 2.04. The second kappa shape index (κ2) is 3.10. The fraction of sp³-hybridized carbons (Fsp3) is 0.222. The number of aromatic amines is 2. The molecule has 2 heterocycles. The molecule has 5 nitrogen and oxygen atoms in total. The first-order valence-electron chi connectivity index (χ1n) is 4.32. The number of hydrogen-bond acceptors (Lipinski definition) is 3. The lowest BCUT2D eigenvalue weighted by Crippen LogP contribution is -2.20. The van der Waals surface area contributed by atoms with Crippen molar-refractivity contribution in [3.63, 3.8) is 0 Å². The van der Waals surface area contributed by atoms with Crippen LogP contribution >= 0.6 is 0 Å². The number of rotatable bonds is 1. The van der Waals surface area contributed by atoms with Crippen molar-refractivity contribution < 1.29 is 0 Å². The molecule has 0 unspecified atom stereocenters. The average molecular weight is 191 g/mol. The summed E-state index contributed by atoms with van der Waals surface area (Å²) >= 11 is 0. The van der Waals surface area contributed by atoms with Crippen molar-refractivity contribution in [2.75, 3.05) is 0 Å². The van der Waals surface area contributed by atoms with E-state index in [2.05, 4.69) is 15.2 Å². The zero-order valence-corrected chi connectivity index (χ0v) is 7.63. The van der Waals surface area contributed by atoms with Gasteiger partial charge in [0.05, 0.1) is 5.39 Å². The van der Waals surface area contributed by atoms with E-state index in [0.717, 1.165) is 12.0 Å². The van der Waals surface area contributed by atoms with Gasteiger partial charge in [-0.15, -0.1) is 0 Å². The number of pyridine rings is 1. The molecule has 0 saturated carbocycles. The SMILES string of the molecule is CCc1cnc2c(=O)[nH][nH]c(=O)c2c1. The largest absolute Gasteiger partial charge is 0.289 e. The van der Waals surface area contributed by atoms with Gasteiger partial charge in [-0.3, -0.25) is 19.8 Å². The van der Waals surface area contributed by atoms with Crippen LogP contribution in [0.5, 0.6) is 0 Å². The lowest BCUT2D eigenvalue weighted by molar-refractivity contribution is 0.966. The maximum Gasteiger partial charge on any atom is 0.289 e. The van der Waals surface area contributed by atoms with Crippen LogP contribution in [-0.4, -0.2) is 15.2 Å². The average Bonchev–Trinajstić information content (AvgIpc) is 2.23. The first kappa shape index (κ1) is 8.68. The zero-order valence-electron chi connectivity index (χ0n) is 7.63. The third-order valence-corrected chi connectivity index (χ3v) is 2.10. The highest BCUT2D eigenvalue weighted by molar-refractivity contribution is 5.76. The van der Waals surface area contributed by atoms with E-state index in [1.807, 2.05) is 6.92 Å². The van der Waals surface area contributed by atoms with Crippen molar-refractivity contribution in [2.24, 2.45) is 0 Å². The number of H-pyrrole nitrogens is 2. The molecule has 0 atom stereocenters. The molecule has 2 rings (SSSR count). The Balaban J connectivity index is 2.94. The van der Waals surface area contributed by atoms with Crippen LogP contribution in [0.3, 0.4) is 0 Å². The molecule has 0 aliphatic rings. The van der Waals surface area contributed by atoms with E-state index >= 15 is 0 Å². The first-order chi connectivity index (χ1) is 6.72. The Labute approximate surface area is 78.8 Å². The number of aryl methyl sites for hydroxylation is 1. The second-order valence-electron chi connectivity index (χ2n) is 3.00. The van der Waals surface area contributed by atoms with Crippen molar-refractivity contribution in [3.05, 3.63) is 38.5 Å². The fourth-order valence-corrected chi connectivity index (χ4v) is 1.30. The normalized spacial score (nSPS) is 10.6. The van der Waals surface area contributed by atoms with E-state index in [1.54, 1.807) is 12.3 Å². The standard InChI is InChI=1S/C9H9N3O2/c1-2-5-3-6-7(10-4-5)9(14)12-11-8(6)13/h3-4H,2H2,1H3,(H,11,13)(H,12,14). The topological polar surface area (TPSA) is 78.6 Å². The summed E-state index contributed by atoms with van der Waals surface area (Å²) in [6.45, 7) is 1.96. The molecule has 5 heteroatoms. The van der Waals surface area contributed by atoms with E-state index in [1.165, 1.54) is 0 Å². The Kier molecular flexibility index (Phi) is 1.92. The Bertz CT molecular complexity index is 582. The van der Waals surface area contributed by atoms with Crippen molar-refractivity contribution >= 4 is 10.9 Å². The maximum atomic E-state index is 11.3. The van der Waals surface area contributed by atoms with Gasteiger partial charge in [0.15, 0.2) is 0 Å².